The van der Waals surface area contributed by atoms with Crippen molar-refractivity contribution in [2.75, 3.05) is 7.11 Å². The van der Waals surface area contributed by atoms with Crippen LogP contribution >= 0.6 is 11.6 Å². The van der Waals surface area contributed by atoms with Crippen LogP contribution in [-0.4, -0.2) is 12.6 Å². The summed E-state index contributed by atoms with van der Waals surface area (Å²) in [6, 6.07) is 3.95. The van der Waals surface area contributed by atoms with Gasteiger partial charge in [0.1, 0.15) is 5.75 Å². The number of aryl methyl sites for hydroxylation is 1. The van der Waals surface area contributed by atoms with Gasteiger partial charge in [0.2, 0.25) is 0 Å². The van der Waals surface area contributed by atoms with E-state index < -0.39 is 0 Å². The normalized spacial score (nSPS) is 17.6. The molecule has 15 heavy (non-hydrogen) atoms. The van der Waals surface area contributed by atoms with Gasteiger partial charge in [-0.3, -0.25) is 0 Å². The number of methoxy groups -OCH3 is 1. The molecule has 0 unspecified atom stereocenters. The first-order valence-corrected chi connectivity index (χ1v) is 5.54. The molecule has 2 rings (SSSR count). The number of ether oxygens (including phenoxy) is 1. The van der Waals surface area contributed by atoms with E-state index >= 15 is 0 Å². The molecule has 0 aliphatic heterocycles. The van der Waals surface area contributed by atoms with Crippen LogP contribution in [0.5, 0.6) is 5.75 Å². The van der Waals surface area contributed by atoms with Crippen LogP contribution in [0, 0.1) is 6.92 Å². The van der Waals surface area contributed by atoms with Crippen LogP contribution < -0.4 is 10.5 Å². The summed E-state index contributed by atoms with van der Waals surface area (Å²) in [4.78, 5) is 0. The van der Waals surface area contributed by atoms with Gasteiger partial charge in [0.15, 0.2) is 0 Å². The smallest absolute Gasteiger partial charge is 0.122 e. The Morgan fingerprint density at radius 3 is 2.67 bits per heavy atom. The molecule has 0 atom stereocenters. The SMILES string of the molecule is COc1cc(CC2(N)CC2)c(Cl)cc1C. The summed E-state index contributed by atoms with van der Waals surface area (Å²) in [5, 5.41) is 0.796. The summed E-state index contributed by atoms with van der Waals surface area (Å²) in [5.41, 5.74) is 8.23. The van der Waals surface area contributed by atoms with Crippen LogP contribution in [-0.2, 0) is 6.42 Å². The second kappa shape index (κ2) is 3.69. The van der Waals surface area contributed by atoms with Gasteiger partial charge < -0.3 is 10.5 Å². The molecule has 0 aromatic heterocycles. The molecule has 1 fully saturated rings. The predicted molar refractivity (Wildman–Crippen MR) is 62.6 cm³/mol. The van der Waals surface area contributed by atoms with E-state index in [2.05, 4.69) is 0 Å². The van der Waals surface area contributed by atoms with Gasteiger partial charge in [-0.25, -0.2) is 0 Å². The van der Waals surface area contributed by atoms with Gasteiger partial charge in [-0.1, -0.05) is 11.6 Å². The third-order valence-corrected chi connectivity index (χ3v) is 3.35. The lowest BCUT2D eigenvalue weighted by Crippen LogP contribution is -2.24. The average Bonchev–Trinajstić information content (AvgIpc) is 2.89. The van der Waals surface area contributed by atoms with Crippen molar-refractivity contribution in [3.8, 4) is 5.75 Å². The standard InChI is InChI=1S/C12H16ClNO/c1-8-5-10(13)9(6-11(8)15-2)7-12(14)3-4-12/h5-6H,3-4,7,14H2,1-2H3. The van der Waals surface area contributed by atoms with Crippen molar-refractivity contribution >= 4 is 11.6 Å². The van der Waals surface area contributed by atoms with Crippen LogP contribution in [0.4, 0.5) is 0 Å². The largest absolute Gasteiger partial charge is 0.496 e. The predicted octanol–water partition coefficient (Wildman–Crippen LogP) is 2.69. The third-order valence-electron chi connectivity index (χ3n) is 3.00. The van der Waals surface area contributed by atoms with E-state index in [9.17, 15) is 0 Å². The van der Waals surface area contributed by atoms with Crippen molar-refractivity contribution < 1.29 is 4.74 Å². The van der Waals surface area contributed by atoms with Gasteiger partial charge in [0.05, 0.1) is 7.11 Å². The Bertz CT molecular complexity index is 385. The van der Waals surface area contributed by atoms with Gasteiger partial charge in [0.25, 0.3) is 0 Å². The fraction of sp³-hybridized carbons (Fsp3) is 0.500. The molecule has 0 amide bonds. The van der Waals surface area contributed by atoms with Crippen molar-refractivity contribution in [3.05, 3.63) is 28.3 Å². The molecule has 0 bridgehead atoms. The molecule has 1 aromatic carbocycles. The highest BCUT2D eigenvalue weighted by Crippen LogP contribution is 2.38. The lowest BCUT2D eigenvalue weighted by molar-refractivity contribution is 0.411. The fourth-order valence-corrected chi connectivity index (χ4v) is 2.05. The van der Waals surface area contributed by atoms with Crippen molar-refractivity contribution in [3.63, 3.8) is 0 Å². The molecule has 0 radical (unpaired) electrons. The minimum atomic E-state index is -0.0100. The monoisotopic (exact) mass is 225 g/mol. The molecule has 1 aliphatic rings. The fourth-order valence-electron chi connectivity index (χ4n) is 1.77. The minimum absolute atomic E-state index is 0.0100. The molecule has 2 N–H and O–H groups in total. The highest BCUT2D eigenvalue weighted by molar-refractivity contribution is 6.31. The van der Waals surface area contributed by atoms with Crippen molar-refractivity contribution in [1.82, 2.24) is 0 Å². The van der Waals surface area contributed by atoms with E-state index in [1.807, 2.05) is 19.1 Å². The minimum Gasteiger partial charge on any atom is -0.496 e. The van der Waals surface area contributed by atoms with Crippen molar-refractivity contribution in [1.29, 1.82) is 0 Å². The number of benzene rings is 1. The highest BCUT2D eigenvalue weighted by atomic mass is 35.5. The Morgan fingerprint density at radius 2 is 2.13 bits per heavy atom. The average molecular weight is 226 g/mol. The summed E-state index contributed by atoms with van der Waals surface area (Å²) >= 11 is 6.18. The number of halogens is 1. The lowest BCUT2D eigenvalue weighted by Gasteiger charge is -2.13. The summed E-state index contributed by atoms with van der Waals surface area (Å²) in [7, 11) is 1.68. The van der Waals surface area contributed by atoms with E-state index in [4.69, 9.17) is 22.1 Å². The summed E-state index contributed by atoms with van der Waals surface area (Å²) < 4.78 is 5.28. The summed E-state index contributed by atoms with van der Waals surface area (Å²) in [6.45, 7) is 1.99. The van der Waals surface area contributed by atoms with Crippen molar-refractivity contribution in [2.24, 2.45) is 5.73 Å². The number of nitrogens with two attached hydrogens (primary N) is 1. The maximum atomic E-state index is 6.18. The molecule has 1 saturated carbocycles. The molecule has 1 aliphatic carbocycles. The number of rotatable bonds is 3. The first kappa shape index (κ1) is 10.8. The van der Waals surface area contributed by atoms with E-state index in [1.165, 1.54) is 0 Å². The Hall–Kier alpha value is -0.730. The van der Waals surface area contributed by atoms with Gasteiger partial charge in [-0.15, -0.1) is 0 Å². The quantitative estimate of drug-likeness (QED) is 0.859. The summed E-state index contributed by atoms with van der Waals surface area (Å²) in [5.74, 6) is 0.888. The molecule has 0 heterocycles. The Kier molecular flexibility index (Phi) is 2.65. The molecule has 1 aromatic rings. The first-order chi connectivity index (χ1) is 7.04. The van der Waals surface area contributed by atoms with Crippen LogP contribution in [0.15, 0.2) is 12.1 Å². The zero-order valence-electron chi connectivity index (χ0n) is 9.14. The number of hydrogen-bond acceptors (Lipinski definition) is 2. The molecule has 0 spiro atoms. The molecular formula is C12H16ClNO. The number of hydrogen-bond donors (Lipinski definition) is 1. The topological polar surface area (TPSA) is 35.2 Å². The highest BCUT2D eigenvalue weighted by Gasteiger charge is 2.38. The van der Waals surface area contributed by atoms with E-state index in [0.717, 1.165) is 41.2 Å². The lowest BCUT2D eigenvalue weighted by atomic mass is 10.0. The van der Waals surface area contributed by atoms with Crippen molar-refractivity contribution in [2.45, 2.75) is 31.7 Å². The van der Waals surface area contributed by atoms with E-state index in [0.29, 0.717) is 0 Å². The third kappa shape index (κ3) is 2.27. The van der Waals surface area contributed by atoms with Crippen LogP contribution in [0.25, 0.3) is 0 Å². The Morgan fingerprint density at radius 1 is 1.47 bits per heavy atom. The van der Waals surface area contributed by atoms with E-state index in [1.54, 1.807) is 7.11 Å². The maximum absolute atomic E-state index is 6.18. The van der Waals surface area contributed by atoms with Gasteiger partial charge in [-0.05, 0) is 49.4 Å². The zero-order valence-corrected chi connectivity index (χ0v) is 9.90. The summed E-state index contributed by atoms with van der Waals surface area (Å²) in [6.07, 6.45) is 3.04. The molecule has 3 heteroatoms. The van der Waals surface area contributed by atoms with E-state index in [-0.39, 0.29) is 5.54 Å². The second-order valence-electron chi connectivity index (χ2n) is 4.45. The maximum Gasteiger partial charge on any atom is 0.122 e. The van der Waals surface area contributed by atoms with Crippen LogP contribution in [0.1, 0.15) is 24.0 Å². The van der Waals surface area contributed by atoms with Gasteiger partial charge in [0, 0.05) is 10.6 Å². The molecule has 82 valence electrons. The molecule has 0 saturated heterocycles. The molecule has 2 nitrogen and oxygen atoms in total. The zero-order chi connectivity index (χ0) is 11.1. The Labute approximate surface area is 95.4 Å². The molecular weight excluding hydrogens is 210 g/mol. The van der Waals surface area contributed by atoms with Crippen LogP contribution in [0.2, 0.25) is 5.02 Å². The van der Waals surface area contributed by atoms with Crippen LogP contribution in [0.3, 0.4) is 0 Å². The van der Waals surface area contributed by atoms with Gasteiger partial charge in [-0.2, -0.15) is 0 Å². The second-order valence-corrected chi connectivity index (χ2v) is 4.86. The Balaban J connectivity index is 2.29. The first-order valence-electron chi connectivity index (χ1n) is 5.16. The van der Waals surface area contributed by atoms with Gasteiger partial charge >= 0.3 is 0 Å².